The molecule has 1 aliphatic carbocycles. The average Bonchev–Trinajstić information content (AvgIpc) is 2.79. The predicted molar refractivity (Wildman–Crippen MR) is 122 cm³/mol. The van der Waals surface area contributed by atoms with Crippen LogP contribution < -0.4 is 19.5 Å². The summed E-state index contributed by atoms with van der Waals surface area (Å²) in [6.07, 6.45) is 5.27. The molecule has 9 heteroatoms. The van der Waals surface area contributed by atoms with Crippen molar-refractivity contribution in [2.24, 2.45) is 0 Å². The highest BCUT2D eigenvalue weighted by molar-refractivity contribution is 7.89. The molecule has 2 aromatic carbocycles. The van der Waals surface area contributed by atoms with Gasteiger partial charge in [-0.05, 0) is 55.2 Å². The normalized spacial score (nSPS) is 14.7. The second kappa shape index (κ2) is 10.7. The van der Waals surface area contributed by atoms with Gasteiger partial charge in [0.2, 0.25) is 10.0 Å². The highest BCUT2D eigenvalue weighted by Gasteiger charge is 2.25. The zero-order chi connectivity index (χ0) is 23.1. The fraction of sp³-hybridized carbons (Fsp3) is 0.435. The molecule has 0 spiro atoms. The molecule has 3 rings (SSSR count). The Bertz CT molecular complexity index is 1050. The lowest BCUT2D eigenvalue weighted by molar-refractivity contribution is 0.0696. The van der Waals surface area contributed by atoms with Crippen LogP contribution >= 0.6 is 0 Å². The van der Waals surface area contributed by atoms with Crippen molar-refractivity contribution in [1.29, 1.82) is 0 Å². The first-order chi connectivity index (χ1) is 15.3. The molecule has 0 bridgehead atoms. The fourth-order valence-corrected chi connectivity index (χ4v) is 5.42. The first-order valence-corrected chi connectivity index (χ1v) is 12.2. The van der Waals surface area contributed by atoms with E-state index in [1.54, 1.807) is 14.2 Å². The van der Waals surface area contributed by atoms with Crippen LogP contribution in [-0.4, -0.2) is 46.3 Å². The summed E-state index contributed by atoms with van der Waals surface area (Å²) in [5.74, 6) is 0.0855. The Labute approximate surface area is 189 Å². The number of hydrogen-bond acceptors (Lipinski definition) is 6. The molecule has 0 aromatic heterocycles. The van der Waals surface area contributed by atoms with Crippen molar-refractivity contribution >= 4 is 21.7 Å². The molecular weight excluding hydrogens is 432 g/mol. The van der Waals surface area contributed by atoms with Gasteiger partial charge in [0.15, 0.2) is 11.5 Å². The maximum atomic E-state index is 13.1. The van der Waals surface area contributed by atoms with Crippen molar-refractivity contribution in [3.8, 4) is 11.5 Å². The van der Waals surface area contributed by atoms with Gasteiger partial charge in [-0.3, -0.25) is 0 Å². The van der Waals surface area contributed by atoms with Gasteiger partial charge in [-0.25, -0.2) is 17.9 Å². The average molecular weight is 463 g/mol. The van der Waals surface area contributed by atoms with Gasteiger partial charge in [0, 0.05) is 12.6 Å². The number of aromatic carboxylic acids is 1. The molecule has 1 aliphatic rings. The van der Waals surface area contributed by atoms with Gasteiger partial charge in [0.05, 0.1) is 25.5 Å². The van der Waals surface area contributed by atoms with E-state index in [0.717, 1.165) is 37.7 Å². The van der Waals surface area contributed by atoms with E-state index in [1.807, 2.05) is 18.2 Å². The molecule has 0 atom stereocenters. The molecule has 32 heavy (non-hydrogen) atoms. The minimum atomic E-state index is -3.87. The third-order valence-corrected chi connectivity index (χ3v) is 7.18. The van der Waals surface area contributed by atoms with Crippen LogP contribution in [0.4, 0.5) is 5.69 Å². The lowest BCUT2D eigenvalue weighted by Crippen LogP contribution is -2.36. The Hall–Kier alpha value is -2.78. The van der Waals surface area contributed by atoms with Crippen molar-refractivity contribution in [2.45, 2.75) is 49.5 Å². The number of ether oxygens (including phenoxy) is 2. The molecule has 1 fully saturated rings. The van der Waals surface area contributed by atoms with Crippen molar-refractivity contribution in [3.05, 3.63) is 47.5 Å². The highest BCUT2D eigenvalue weighted by Crippen LogP contribution is 2.28. The highest BCUT2D eigenvalue weighted by atomic mass is 32.2. The third-order valence-electron chi connectivity index (χ3n) is 5.62. The topological polar surface area (TPSA) is 114 Å². The summed E-state index contributed by atoms with van der Waals surface area (Å²) >= 11 is 0. The monoisotopic (exact) mass is 462 g/mol. The summed E-state index contributed by atoms with van der Waals surface area (Å²) in [7, 11) is -0.731. The Morgan fingerprint density at radius 1 is 1.03 bits per heavy atom. The first-order valence-electron chi connectivity index (χ1n) is 10.7. The largest absolute Gasteiger partial charge is 0.493 e. The molecule has 0 amide bonds. The van der Waals surface area contributed by atoms with E-state index in [1.165, 1.54) is 18.2 Å². The maximum absolute atomic E-state index is 13.1. The van der Waals surface area contributed by atoms with Crippen LogP contribution in [-0.2, 0) is 16.4 Å². The summed E-state index contributed by atoms with van der Waals surface area (Å²) in [6.45, 7) is 0.452. The third kappa shape index (κ3) is 5.92. The molecule has 8 nitrogen and oxygen atoms in total. The molecule has 2 aromatic rings. The van der Waals surface area contributed by atoms with E-state index in [-0.39, 0.29) is 16.5 Å². The number of sulfonamides is 1. The van der Waals surface area contributed by atoms with E-state index >= 15 is 0 Å². The molecule has 0 heterocycles. The van der Waals surface area contributed by atoms with Crippen molar-refractivity contribution in [2.75, 3.05) is 26.1 Å². The van der Waals surface area contributed by atoms with E-state index in [0.29, 0.717) is 30.2 Å². The summed E-state index contributed by atoms with van der Waals surface area (Å²) in [5.41, 5.74) is 1.29. The lowest BCUT2D eigenvalue weighted by atomic mass is 9.96. The number of benzene rings is 2. The summed E-state index contributed by atoms with van der Waals surface area (Å²) in [5, 5.41) is 12.5. The Balaban J connectivity index is 1.77. The van der Waals surface area contributed by atoms with Gasteiger partial charge in [-0.2, -0.15) is 0 Å². The Kier molecular flexibility index (Phi) is 7.98. The van der Waals surface area contributed by atoms with Gasteiger partial charge in [0.25, 0.3) is 0 Å². The van der Waals surface area contributed by atoms with Gasteiger partial charge in [-0.15, -0.1) is 0 Å². The quantitative estimate of drug-likeness (QED) is 0.494. The number of methoxy groups -OCH3 is 2. The van der Waals surface area contributed by atoms with Gasteiger partial charge in [0.1, 0.15) is 4.90 Å². The van der Waals surface area contributed by atoms with Crippen LogP contribution in [0.5, 0.6) is 11.5 Å². The molecule has 0 saturated heterocycles. The number of hydrogen-bond donors (Lipinski definition) is 3. The van der Waals surface area contributed by atoms with E-state index in [9.17, 15) is 18.3 Å². The Morgan fingerprint density at radius 2 is 1.75 bits per heavy atom. The van der Waals surface area contributed by atoms with Crippen LogP contribution in [0.25, 0.3) is 0 Å². The van der Waals surface area contributed by atoms with Gasteiger partial charge >= 0.3 is 5.97 Å². The molecule has 0 radical (unpaired) electrons. The fourth-order valence-electron chi connectivity index (χ4n) is 3.90. The number of carboxylic acids is 1. The van der Waals surface area contributed by atoms with E-state index < -0.39 is 16.0 Å². The SMILES string of the molecule is COc1ccc(CCNc2ccc(C(=O)O)cc2S(=O)(=O)NC2CCCCC2)cc1OC. The summed E-state index contributed by atoms with van der Waals surface area (Å²) < 4.78 is 39.6. The summed E-state index contributed by atoms with van der Waals surface area (Å²) in [6, 6.07) is 9.61. The zero-order valence-electron chi connectivity index (χ0n) is 18.4. The molecule has 1 saturated carbocycles. The molecule has 0 unspecified atom stereocenters. The van der Waals surface area contributed by atoms with E-state index in [2.05, 4.69) is 10.0 Å². The van der Waals surface area contributed by atoms with Crippen LogP contribution in [0.2, 0.25) is 0 Å². The van der Waals surface area contributed by atoms with E-state index in [4.69, 9.17) is 9.47 Å². The number of carbonyl (C=O) groups is 1. The molecule has 174 valence electrons. The second-order valence-electron chi connectivity index (χ2n) is 7.84. The standard InChI is InChI=1S/C23H30N2O6S/c1-30-20-11-8-16(14-21(20)31-2)12-13-24-19-10-9-17(23(26)27)15-22(19)32(28,29)25-18-6-4-3-5-7-18/h8-11,14-15,18,24-25H,3-7,12-13H2,1-2H3,(H,26,27). The maximum Gasteiger partial charge on any atom is 0.335 e. The zero-order valence-corrected chi connectivity index (χ0v) is 19.2. The molecule has 0 aliphatic heterocycles. The number of carboxylic acid groups (broad SMARTS) is 1. The van der Waals surface area contributed by atoms with Gasteiger partial charge < -0.3 is 19.9 Å². The predicted octanol–water partition coefficient (Wildman–Crippen LogP) is 3.67. The minimum absolute atomic E-state index is 0.0460. The smallest absolute Gasteiger partial charge is 0.335 e. The molecule has 3 N–H and O–H groups in total. The number of anilines is 1. The minimum Gasteiger partial charge on any atom is -0.493 e. The van der Waals surface area contributed by atoms with Crippen LogP contribution in [0, 0.1) is 0 Å². The van der Waals surface area contributed by atoms with Crippen molar-refractivity contribution < 1.29 is 27.8 Å². The van der Waals surface area contributed by atoms with Crippen LogP contribution in [0.3, 0.4) is 0 Å². The second-order valence-corrected chi connectivity index (χ2v) is 9.52. The number of rotatable bonds is 10. The van der Waals surface area contributed by atoms with Crippen molar-refractivity contribution in [3.63, 3.8) is 0 Å². The lowest BCUT2D eigenvalue weighted by Gasteiger charge is -2.23. The molecular formula is C23H30N2O6S. The Morgan fingerprint density at radius 3 is 2.41 bits per heavy atom. The summed E-state index contributed by atoms with van der Waals surface area (Å²) in [4.78, 5) is 11.4. The van der Waals surface area contributed by atoms with Gasteiger partial charge in [-0.1, -0.05) is 25.3 Å². The van der Waals surface area contributed by atoms with Crippen LogP contribution in [0.1, 0.15) is 48.0 Å². The van der Waals surface area contributed by atoms with Crippen molar-refractivity contribution in [1.82, 2.24) is 4.72 Å². The van der Waals surface area contributed by atoms with Crippen LogP contribution in [0.15, 0.2) is 41.3 Å². The first kappa shape index (κ1) is 23.9. The number of nitrogens with one attached hydrogen (secondary N) is 2.